The third kappa shape index (κ3) is 8.05. The van der Waals surface area contributed by atoms with Crippen LogP contribution in [0.2, 0.25) is 0 Å². The lowest BCUT2D eigenvalue weighted by Gasteiger charge is -2.34. The van der Waals surface area contributed by atoms with Crippen molar-refractivity contribution in [3.05, 3.63) is 29.3 Å². The zero-order valence-corrected chi connectivity index (χ0v) is 18.0. The summed E-state index contributed by atoms with van der Waals surface area (Å²) in [6.45, 7) is 9.07. The van der Waals surface area contributed by atoms with E-state index in [1.54, 1.807) is 0 Å². The van der Waals surface area contributed by atoms with Crippen molar-refractivity contribution in [2.45, 2.75) is 39.7 Å². The van der Waals surface area contributed by atoms with Gasteiger partial charge in [-0.15, -0.1) is 24.8 Å². The molecule has 2 rings (SSSR count). The molecule has 2 amide bonds. The lowest BCUT2D eigenvalue weighted by Crippen LogP contribution is -2.50. The highest BCUT2D eigenvalue weighted by molar-refractivity contribution is 5.93. The minimum atomic E-state index is -0.00543. The molecule has 1 aromatic carbocycles. The summed E-state index contributed by atoms with van der Waals surface area (Å²) in [5, 5.41) is 3.02. The minimum Gasteiger partial charge on any atom is -0.340 e. The first kappa shape index (κ1) is 25.7. The van der Waals surface area contributed by atoms with Gasteiger partial charge in [0, 0.05) is 44.3 Å². The Bertz CT molecular complexity index is 597. The topological polar surface area (TPSA) is 78.7 Å². The number of para-hydroxylation sites is 1. The van der Waals surface area contributed by atoms with E-state index >= 15 is 0 Å². The van der Waals surface area contributed by atoms with Gasteiger partial charge in [-0.1, -0.05) is 18.2 Å². The Kier molecular flexibility index (Phi) is 11.6. The smallest absolute Gasteiger partial charge is 0.238 e. The molecule has 27 heavy (non-hydrogen) atoms. The quantitative estimate of drug-likeness (QED) is 0.742. The van der Waals surface area contributed by atoms with Crippen LogP contribution in [0.25, 0.3) is 0 Å². The Morgan fingerprint density at radius 3 is 2.19 bits per heavy atom. The Balaban J connectivity index is 0.00000338. The molecular formula is C19H32Cl2N4O2. The van der Waals surface area contributed by atoms with Crippen LogP contribution in [0.1, 0.15) is 30.9 Å². The number of benzene rings is 1. The standard InChI is InChI=1S/C19H30N4O2.2ClH/c1-14-5-4-6-15(2)19(14)21-17(24)13-22-9-11-23(12-10-22)18(25)8-7-16(3)20;;/h4-6,16H,7-13,20H2,1-3H3,(H,21,24);2*1H. The molecule has 1 heterocycles. The van der Waals surface area contributed by atoms with Crippen LogP contribution in [0.15, 0.2) is 18.2 Å². The van der Waals surface area contributed by atoms with Crippen molar-refractivity contribution in [1.29, 1.82) is 0 Å². The lowest BCUT2D eigenvalue weighted by molar-refractivity contribution is -0.133. The van der Waals surface area contributed by atoms with Crippen LogP contribution in [-0.4, -0.2) is 60.4 Å². The van der Waals surface area contributed by atoms with E-state index in [-0.39, 0.29) is 42.7 Å². The van der Waals surface area contributed by atoms with E-state index < -0.39 is 0 Å². The number of amides is 2. The number of nitrogens with one attached hydrogen (secondary N) is 1. The molecule has 8 heteroatoms. The summed E-state index contributed by atoms with van der Waals surface area (Å²) in [4.78, 5) is 28.4. The molecule has 0 bridgehead atoms. The SMILES string of the molecule is Cc1cccc(C)c1NC(=O)CN1CCN(C(=O)CCC(C)N)CC1.Cl.Cl. The number of piperazine rings is 1. The zero-order valence-electron chi connectivity index (χ0n) is 16.4. The number of rotatable bonds is 6. The number of carbonyl (C=O) groups excluding carboxylic acids is 2. The zero-order chi connectivity index (χ0) is 18.4. The van der Waals surface area contributed by atoms with Crippen LogP contribution in [-0.2, 0) is 9.59 Å². The van der Waals surface area contributed by atoms with Crippen LogP contribution in [0.4, 0.5) is 5.69 Å². The molecule has 154 valence electrons. The maximum Gasteiger partial charge on any atom is 0.238 e. The van der Waals surface area contributed by atoms with Crippen LogP contribution in [0.3, 0.4) is 0 Å². The molecule has 0 aromatic heterocycles. The van der Waals surface area contributed by atoms with Crippen molar-refractivity contribution in [2.75, 3.05) is 38.0 Å². The fourth-order valence-electron chi connectivity index (χ4n) is 3.06. The maximum atomic E-state index is 12.3. The number of aryl methyl sites for hydroxylation is 2. The second-order valence-electron chi connectivity index (χ2n) is 6.99. The first-order valence-corrected chi connectivity index (χ1v) is 8.98. The van der Waals surface area contributed by atoms with Gasteiger partial charge in [-0.25, -0.2) is 0 Å². The number of nitrogens with two attached hydrogens (primary N) is 1. The molecular weight excluding hydrogens is 387 g/mol. The molecule has 1 saturated heterocycles. The predicted octanol–water partition coefficient (Wildman–Crippen LogP) is 2.36. The third-order valence-corrected chi connectivity index (χ3v) is 4.65. The van der Waals surface area contributed by atoms with E-state index in [9.17, 15) is 9.59 Å². The van der Waals surface area contributed by atoms with Gasteiger partial charge in [0.05, 0.1) is 6.54 Å². The molecule has 1 fully saturated rings. The van der Waals surface area contributed by atoms with E-state index in [0.717, 1.165) is 36.3 Å². The molecule has 0 radical (unpaired) electrons. The molecule has 1 aromatic rings. The molecule has 0 aliphatic carbocycles. The van der Waals surface area contributed by atoms with Crippen LogP contribution >= 0.6 is 24.8 Å². The third-order valence-electron chi connectivity index (χ3n) is 4.65. The van der Waals surface area contributed by atoms with Crippen molar-refractivity contribution in [3.8, 4) is 0 Å². The van der Waals surface area contributed by atoms with Crippen LogP contribution in [0, 0.1) is 13.8 Å². The lowest BCUT2D eigenvalue weighted by atomic mass is 10.1. The van der Waals surface area contributed by atoms with Crippen molar-refractivity contribution in [1.82, 2.24) is 9.80 Å². The van der Waals surface area contributed by atoms with Gasteiger partial charge in [-0.2, -0.15) is 0 Å². The molecule has 1 aliphatic rings. The number of hydrogen-bond acceptors (Lipinski definition) is 4. The van der Waals surface area contributed by atoms with Crippen molar-refractivity contribution in [3.63, 3.8) is 0 Å². The van der Waals surface area contributed by atoms with Gasteiger partial charge in [0.25, 0.3) is 0 Å². The Labute approximate surface area is 174 Å². The fraction of sp³-hybridized carbons (Fsp3) is 0.579. The minimum absolute atomic E-state index is 0. The number of carbonyl (C=O) groups is 2. The van der Waals surface area contributed by atoms with E-state index in [1.165, 1.54) is 0 Å². The second kappa shape index (κ2) is 12.2. The van der Waals surface area contributed by atoms with Crippen molar-refractivity contribution in [2.24, 2.45) is 5.73 Å². The number of hydrogen-bond donors (Lipinski definition) is 2. The van der Waals surface area contributed by atoms with Gasteiger partial charge in [0.1, 0.15) is 0 Å². The van der Waals surface area contributed by atoms with Gasteiger partial charge in [0.15, 0.2) is 0 Å². The van der Waals surface area contributed by atoms with E-state index in [4.69, 9.17) is 5.73 Å². The number of anilines is 1. The fourth-order valence-corrected chi connectivity index (χ4v) is 3.06. The monoisotopic (exact) mass is 418 g/mol. The Morgan fingerprint density at radius 2 is 1.67 bits per heavy atom. The highest BCUT2D eigenvalue weighted by atomic mass is 35.5. The average molecular weight is 419 g/mol. The van der Waals surface area contributed by atoms with E-state index in [1.807, 2.05) is 43.9 Å². The van der Waals surface area contributed by atoms with Crippen molar-refractivity contribution < 1.29 is 9.59 Å². The molecule has 1 aliphatic heterocycles. The van der Waals surface area contributed by atoms with Gasteiger partial charge in [0.2, 0.25) is 11.8 Å². The first-order chi connectivity index (χ1) is 11.9. The summed E-state index contributed by atoms with van der Waals surface area (Å²) in [6, 6.07) is 6.03. The first-order valence-electron chi connectivity index (χ1n) is 8.98. The highest BCUT2D eigenvalue weighted by Crippen LogP contribution is 2.19. The van der Waals surface area contributed by atoms with Crippen molar-refractivity contribution >= 4 is 42.3 Å². The second-order valence-corrected chi connectivity index (χ2v) is 6.99. The normalized spacial score (nSPS) is 15.3. The van der Waals surface area contributed by atoms with Crippen LogP contribution in [0.5, 0.6) is 0 Å². The number of nitrogens with zero attached hydrogens (tertiary/aromatic N) is 2. The predicted molar refractivity (Wildman–Crippen MR) is 115 cm³/mol. The number of halogens is 2. The largest absolute Gasteiger partial charge is 0.340 e. The van der Waals surface area contributed by atoms with Gasteiger partial charge >= 0.3 is 0 Å². The van der Waals surface area contributed by atoms with Crippen LogP contribution < -0.4 is 11.1 Å². The molecule has 6 nitrogen and oxygen atoms in total. The molecule has 1 atom stereocenters. The summed E-state index contributed by atoms with van der Waals surface area (Å²) in [5.41, 5.74) is 8.74. The van der Waals surface area contributed by atoms with E-state index in [0.29, 0.717) is 26.1 Å². The Morgan fingerprint density at radius 1 is 1.11 bits per heavy atom. The Hall–Kier alpha value is -1.34. The summed E-state index contributed by atoms with van der Waals surface area (Å²) in [6.07, 6.45) is 1.22. The molecule has 1 unspecified atom stereocenters. The maximum absolute atomic E-state index is 12.3. The summed E-state index contributed by atoms with van der Waals surface area (Å²) < 4.78 is 0. The van der Waals surface area contributed by atoms with Gasteiger partial charge < -0.3 is 16.0 Å². The average Bonchev–Trinajstić information content (AvgIpc) is 2.57. The molecule has 0 saturated carbocycles. The van der Waals surface area contributed by atoms with Gasteiger partial charge in [-0.3, -0.25) is 14.5 Å². The summed E-state index contributed by atoms with van der Waals surface area (Å²) in [7, 11) is 0. The molecule has 0 spiro atoms. The summed E-state index contributed by atoms with van der Waals surface area (Å²) >= 11 is 0. The highest BCUT2D eigenvalue weighted by Gasteiger charge is 2.22. The summed E-state index contributed by atoms with van der Waals surface area (Å²) in [5.74, 6) is 0.158. The van der Waals surface area contributed by atoms with E-state index in [2.05, 4.69) is 10.2 Å². The molecule has 3 N–H and O–H groups in total. The van der Waals surface area contributed by atoms with Gasteiger partial charge in [-0.05, 0) is 38.3 Å².